The summed E-state index contributed by atoms with van der Waals surface area (Å²) in [6, 6.07) is 8.42. The van der Waals surface area contributed by atoms with Crippen molar-refractivity contribution in [3.63, 3.8) is 0 Å². The van der Waals surface area contributed by atoms with Crippen LogP contribution in [0.5, 0.6) is 0 Å². The van der Waals surface area contributed by atoms with Crippen LogP contribution in [0.2, 0.25) is 0 Å². The summed E-state index contributed by atoms with van der Waals surface area (Å²) in [7, 11) is 0. The Balaban J connectivity index is 1.82. The Morgan fingerprint density at radius 3 is 2.33 bits per heavy atom. The Morgan fingerprint density at radius 2 is 1.76 bits per heavy atom. The molecule has 0 aromatic heterocycles. The van der Waals surface area contributed by atoms with Gasteiger partial charge in [-0.05, 0) is 25.9 Å². The standard InChI is InChI=1S/C15H19N3O3/c16-15(21)17-13(19)10-18-8-6-12(7-9-18)14(20)11-4-2-1-3-5-11/h1-5,12H,6-10H2,(H3,16,17,19,21). The van der Waals surface area contributed by atoms with Crippen LogP contribution in [-0.2, 0) is 4.79 Å². The number of rotatable bonds is 4. The van der Waals surface area contributed by atoms with E-state index >= 15 is 0 Å². The van der Waals surface area contributed by atoms with Gasteiger partial charge >= 0.3 is 6.03 Å². The van der Waals surface area contributed by atoms with Crippen LogP contribution in [0, 0.1) is 5.92 Å². The predicted octanol–water partition coefficient (Wildman–Crippen LogP) is 0.776. The lowest BCUT2D eigenvalue weighted by molar-refractivity contribution is -0.121. The largest absolute Gasteiger partial charge is 0.351 e. The monoisotopic (exact) mass is 289 g/mol. The molecule has 1 aliphatic heterocycles. The van der Waals surface area contributed by atoms with E-state index in [1.54, 1.807) is 0 Å². The van der Waals surface area contributed by atoms with Crippen molar-refractivity contribution >= 4 is 17.7 Å². The molecule has 3 amide bonds. The summed E-state index contributed by atoms with van der Waals surface area (Å²) in [5.74, 6) is -0.241. The maximum atomic E-state index is 12.3. The number of urea groups is 1. The van der Waals surface area contributed by atoms with E-state index in [2.05, 4.69) is 0 Å². The zero-order chi connectivity index (χ0) is 15.2. The normalized spacial score (nSPS) is 16.4. The third kappa shape index (κ3) is 4.39. The van der Waals surface area contributed by atoms with Crippen LogP contribution in [0.1, 0.15) is 23.2 Å². The van der Waals surface area contributed by atoms with Crippen LogP contribution in [0.25, 0.3) is 0 Å². The van der Waals surface area contributed by atoms with E-state index < -0.39 is 11.9 Å². The van der Waals surface area contributed by atoms with Gasteiger partial charge in [-0.15, -0.1) is 0 Å². The number of piperidine rings is 1. The van der Waals surface area contributed by atoms with Gasteiger partial charge in [-0.1, -0.05) is 30.3 Å². The third-order valence-electron chi connectivity index (χ3n) is 3.65. The van der Waals surface area contributed by atoms with Gasteiger partial charge in [-0.3, -0.25) is 19.8 Å². The Kier molecular flexibility index (Phi) is 5.05. The fourth-order valence-electron chi connectivity index (χ4n) is 2.57. The van der Waals surface area contributed by atoms with Crippen molar-refractivity contribution in [3.8, 4) is 0 Å². The number of hydrogen-bond donors (Lipinski definition) is 2. The van der Waals surface area contributed by atoms with E-state index in [4.69, 9.17) is 5.73 Å². The molecular formula is C15H19N3O3. The molecule has 1 saturated heterocycles. The molecule has 2 rings (SSSR count). The molecule has 0 atom stereocenters. The van der Waals surface area contributed by atoms with Gasteiger partial charge in [0.05, 0.1) is 6.54 Å². The lowest BCUT2D eigenvalue weighted by Gasteiger charge is -2.30. The average molecular weight is 289 g/mol. The third-order valence-corrected chi connectivity index (χ3v) is 3.65. The molecule has 112 valence electrons. The Bertz CT molecular complexity index is 522. The number of benzene rings is 1. The average Bonchev–Trinajstić information content (AvgIpc) is 2.47. The van der Waals surface area contributed by atoms with Crippen molar-refractivity contribution in [3.05, 3.63) is 35.9 Å². The van der Waals surface area contributed by atoms with Gasteiger partial charge in [0.2, 0.25) is 5.91 Å². The van der Waals surface area contributed by atoms with Crippen LogP contribution >= 0.6 is 0 Å². The Hall–Kier alpha value is -2.21. The number of nitrogens with one attached hydrogen (secondary N) is 1. The van der Waals surface area contributed by atoms with Crippen molar-refractivity contribution in [2.45, 2.75) is 12.8 Å². The van der Waals surface area contributed by atoms with E-state index in [9.17, 15) is 14.4 Å². The van der Waals surface area contributed by atoms with E-state index in [0.717, 1.165) is 18.4 Å². The summed E-state index contributed by atoms with van der Waals surface area (Å²) in [5, 5.41) is 2.04. The number of carbonyl (C=O) groups is 3. The number of carbonyl (C=O) groups excluding carboxylic acids is 3. The van der Waals surface area contributed by atoms with Gasteiger partial charge < -0.3 is 5.73 Å². The minimum atomic E-state index is -0.839. The van der Waals surface area contributed by atoms with Crippen molar-refractivity contribution in [1.82, 2.24) is 10.2 Å². The zero-order valence-electron chi connectivity index (χ0n) is 11.7. The SMILES string of the molecule is NC(=O)NC(=O)CN1CCC(C(=O)c2ccccc2)CC1. The van der Waals surface area contributed by atoms with Crippen molar-refractivity contribution in [1.29, 1.82) is 0 Å². The molecule has 0 aliphatic carbocycles. The highest BCUT2D eigenvalue weighted by Gasteiger charge is 2.26. The molecule has 0 unspecified atom stereocenters. The van der Waals surface area contributed by atoms with Gasteiger partial charge in [0.15, 0.2) is 5.78 Å². The molecule has 1 aromatic rings. The maximum Gasteiger partial charge on any atom is 0.318 e. The number of nitrogens with zero attached hydrogens (tertiary/aromatic N) is 1. The molecule has 21 heavy (non-hydrogen) atoms. The van der Waals surface area contributed by atoms with Gasteiger partial charge in [0, 0.05) is 11.5 Å². The number of hydrogen-bond acceptors (Lipinski definition) is 4. The Morgan fingerprint density at radius 1 is 1.14 bits per heavy atom. The fourth-order valence-corrected chi connectivity index (χ4v) is 2.57. The summed E-state index contributed by atoms with van der Waals surface area (Å²) in [5.41, 5.74) is 5.63. The molecule has 0 saturated carbocycles. The second-order valence-electron chi connectivity index (χ2n) is 5.19. The maximum absolute atomic E-state index is 12.3. The molecule has 0 bridgehead atoms. The second kappa shape index (κ2) is 6.99. The molecule has 3 N–H and O–H groups in total. The number of primary amides is 1. The van der Waals surface area contributed by atoms with Gasteiger partial charge in [0.25, 0.3) is 0 Å². The summed E-state index contributed by atoms with van der Waals surface area (Å²) < 4.78 is 0. The summed E-state index contributed by atoms with van der Waals surface area (Å²) in [6.07, 6.45) is 1.44. The first kappa shape index (κ1) is 15.2. The molecule has 1 aliphatic rings. The molecule has 1 aromatic carbocycles. The first-order valence-electron chi connectivity index (χ1n) is 6.97. The second-order valence-corrected chi connectivity index (χ2v) is 5.19. The van der Waals surface area contributed by atoms with E-state index in [-0.39, 0.29) is 18.2 Å². The first-order valence-corrected chi connectivity index (χ1v) is 6.97. The van der Waals surface area contributed by atoms with E-state index in [0.29, 0.717) is 13.1 Å². The number of nitrogens with two attached hydrogens (primary N) is 1. The van der Waals surface area contributed by atoms with Crippen molar-refractivity contribution in [2.75, 3.05) is 19.6 Å². The predicted molar refractivity (Wildman–Crippen MR) is 77.7 cm³/mol. The minimum Gasteiger partial charge on any atom is -0.351 e. The molecule has 0 radical (unpaired) electrons. The quantitative estimate of drug-likeness (QED) is 0.801. The minimum absolute atomic E-state index is 0.00264. The molecule has 6 nitrogen and oxygen atoms in total. The lowest BCUT2D eigenvalue weighted by Crippen LogP contribution is -2.45. The van der Waals surface area contributed by atoms with Gasteiger partial charge in [-0.2, -0.15) is 0 Å². The summed E-state index contributed by atoms with van der Waals surface area (Å²) >= 11 is 0. The molecule has 1 fully saturated rings. The van der Waals surface area contributed by atoms with Crippen LogP contribution in [-0.4, -0.2) is 42.3 Å². The number of likely N-dealkylation sites (tertiary alicyclic amines) is 1. The molecular weight excluding hydrogens is 270 g/mol. The topological polar surface area (TPSA) is 92.5 Å². The molecule has 0 spiro atoms. The van der Waals surface area contributed by atoms with Crippen LogP contribution in [0.3, 0.4) is 0 Å². The van der Waals surface area contributed by atoms with Gasteiger partial charge in [-0.25, -0.2) is 4.79 Å². The first-order chi connectivity index (χ1) is 10.1. The van der Waals surface area contributed by atoms with Crippen molar-refractivity contribution in [2.24, 2.45) is 11.7 Å². The van der Waals surface area contributed by atoms with Crippen molar-refractivity contribution < 1.29 is 14.4 Å². The van der Waals surface area contributed by atoms with E-state index in [1.165, 1.54) is 0 Å². The fraction of sp³-hybridized carbons (Fsp3) is 0.400. The summed E-state index contributed by atoms with van der Waals surface area (Å²) in [6.45, 7) is 1.46. The van der Waals surface area contributed by atoms with Crippen LogP contribution < -0.4 is 11.1 Å². The smallest absolute Gasteiger partial charge is 0.318 e. The Labute approximate surface area is 123 Å². The number of amides is 3. The highest BCUT2D eigenvalue weighted by atomic mass is 16.2. The number of Topliss-reactive ketones (excluding diaryl/α,β-unsaturated/α-hetero) is 1. The van der Waals surface area contributed by atoms with Crippen LogP contribution in [0.4, 0.5) is 4.79 Å². The highest BCUT2D eigenvalue weighted by Crippen LogP contribution is 2.21. The molecule has 6 heteroatoms. The molecule has 1 heterocycles. The zero-order valence-corrected chi connectivity index (χ0v) is 11.7. The highest BCUT2D eigenvalue weighted by molar-refractivity contribution is 5.98. The van der Waals surface area contributed by atoms with Gasteiger partial charge in [0.1, 0.15) is 0 Å². The lowest BCUT2D eigenvalue weighted by atomic mass is 9.89. The van der Waals surface area contributed by atoms with E-state index in [1.807, 2.05) is 40.5 Å². The van der Waals surface area contributed by atoms with Crippen LogP contribution in [0.15, 0.2) is 30.3 Å². The summed E-state index contributed by atoms with van der Waals surface area (Å²) in [4.78, 5) is 36.3. The number of ketones is 1. The number of imide groups is 1.